The molecule has 2 amide bonds. The SMILES string of the molecule is C[C@H]1[C@H](c2ccccc2)C(c2ccc(Cl)cc2)=NN1C(=O)NN1CCCCCC1. The van der Waals surface area contributed by atoms with Crippen molar-refractivity contribution in [3.63, 3.8) is 0 Å². The van der Waals surface area contributed by atoms with E-state index < -0.39 is 0 Å². The number of urea groups is 1. The van der Waals surface area contributed by atoms with Crippen LogP contribution in [0.25, 0.3) is 0 Å². The molecule has 2 aromatic rings. The van der Waals surface area contributed by atoms with E-state index in [0.29, 0.717) is 5.02 Å². The van der Waals surface area contributed by atoms with Crippen molar-refractivity contribution in [2.75, 3.05) is 13.1 Å². The average Bonchev–Trinajstić information content (AvgIpc) is 2.89. The maximum absolute atomic E-state index is 13.1. The third-order valence-electron chi connectivity index (χ3n) is 5.74. The van der Waals surface area contributed by atoms with E-state index >= 15 is 0 Å². The molecular formula is C23H27ClN4O. The Morgan fingerprint density at radius 2 is 1.66 bits per heavy atom. The van der Waals surface area contributed by atoms with E-state index in [9.17, 15) is 4.79 Å². The molecule has 5 nitrogen and oxygen atoms in total. The number of benzene rings is 2. The summed E-state index contributed by atoms with van der Waals surface area (Å²) < 4.78 is 0. The number of hydrazone groups is 1. The fourth-order valence-corrected chi connectivity index (χ4v) is 4.32. The van der Waals surface area contributed by atoms with Gasteiger partial charge in [0.1, 0.15) is 0 Å². The molecule has 29 heavy (non-hydrogen) atoms. The van der Waals surface area contributed by atoms with Crippen LogP contribution in [0.15, 0.2) is 59.7 Å². The van der Waals surface area contributed by atoms with Gasteiger partial charge in [0, 0.05) is 18.1 Å². The maximum Gasteiger partial charge on any atom is 0.352 e. The van der Waals surface area contributed by atoms with Crippen LogP contribution in [-0.2, 0) is 0 Å². The van der Waals surface area contributed by atoms with Crippen LogP contribution in [0.5, 0.6) is 0 Å². The zero-order valence-corrected chi connectivity index (χ0v) is 17.5. The van der Waals surface area contributed by atoms with Crippen LogP contribution in [0.4, 0.5) is 4.79 Å². The second-order valence-electron chi connectivity index (χ2n) is 7.78. The van der Waals surface area contributed by atoms with Gasteiger partial charge in [-0.3, -0.25) is 5.43 Å². The summed E-state index contributed by atoms with van der Waals surface area (Å²) in [7, 11) is 0. The first-order valence-corrected chi connectivity index (χ1v) is 10.8. The number of hydrogen-bond acceptors (Lipinski definition) is 3. The highest BCUT2D eigenvalue weighted by Gasteiger charge is 2.39. The molecule has 2 atom stereocenters. The van der Waals surface area contributed by atoms with Crippen LogP contribution in [0.3, 0.4) is 0 Å². The van der Waals surface area contributed by atoms with Crippen molar-refractivity contribution in [2.24, 2.45) is 5.10 Å². The van der Waals surface area contributed by atoms with Gasteiger partial charge in [-0.15, -0.1) is 0 Å². The van der Waals surface area contributed by atoms with Gasteiger partial charge in [0.05, 0.1) is 17.7 Å². The lowest BCUT2D eigenvalue weighted by molar-refractivity contribution is 0.140. The summed E-state index contributed by atoms with van der Waals surface area (Å²) in [5.41, 5.74) is 6.11. The van der Waals surface area contributed by atoms with Crippen LogP contribution in [-0.4, -0.2) is 40.9 Å². The minimum atomic E-state index is -0.163. The second kappa shape index (κ2) is 8.97. The molecule has 0 saturated carbocycles. The highest BCUT2D eigenvalue weighted by Crippen LogP contribution is 2.34. The van der Waals surface area contributed by atoms with Crippen LogP contribution < -0.4 is 5.43 Å². The first-order chi connectivity index (χ1) is 14.1. The number of carbonyl (C=O) groups excluding carboxylic acids is 1. The second-order valence-corrected chi connectivity index (χ2v) is 8.22. The van der Waals surface area contributed by atoms with E-state index in [-0.39, 0.29) is 18.0 Å². The molecule has 0 aromatic heterocycles. The predicted octanol–water partition coefficient (Wildman–Crippen LogP) is 5.03. The summed E-state index contributed by atoms with van der Waals surface area (Å²) in [6.45, 7) is 3.85. The molecule has 0 radical (unpaired) electrons. The van der Waals surface area contributed by atoms with Gasteiger partial charge in [0.25, 0.3) is 0 Å². The minimum Gasteiger partial charge on any atom is -0.269 e. The Hall–Kier alpha value is -2.37. The van der Waals surface area contributed by atoms with Crippen LogP contribution in [0.1, 0.15) is 49.7 Å². The number of halogens is 1. The molecule has 0 aliphatic carbocycles. The fraction of sp³-hybridized carbons (Fsp3) is 0.391. The largest absolute Gasteiger partial charge is 0.352 e. The van der Waals surface area contributed by atoms with E-state index in [2.05, 4.69) is 24.5 Å². The number of hydrazine groups is 1. The molecule has 1 fully saturated rings. The van der Waals surface area contributed by atoms with Crippen LogP contribution in [0, 0.1) is 0 Å². The summed E-state index contributed by atoms with van der Waals surface area (Å²) in [5.74, 6) is 0.00672. The Labute approximate surface area is 177 Å². The summed E-state index contributed by atoms with van der Waals surface area (Å²) in [4.78, 5) is 13.1. The quantitative estimate of drug-likeness (QED) is 0.771. The topological polar surface area (TPSA) is 47.9 Å². The molecule has 1 N–H and O–H groups in total. The van der Waals surface area contributed by atoms with E-state index in [4.69, 9.17) is 16.7 Å². The van der Waals surface area contributed by atoms with Gasteiger partial charge < -0.3 is 0 Å². The summed E-state index contributed by atoms with van der Waals surface area (Å²) >= 11 is 6.08. The van der Waals surface area contributed by atoms with Gasteiger partial charge in [0.2, 0.25) is 0 Å². The molecule has 1 saturated heterocycles. The van der Waals surface area contributed by atoms with Crippen molar-refractivity contribution >= 4 is 23.3 Å². The number of amides is 2. The Morgan fingerprint density at radius 1 is 1.00 bits per heavy atom. The van der Waals surface area contributed by atoms with Gasteiger partial charge >= 0.3 is 6.03 Å². The lowest BCUT2D eigenvalue weighted by Gasteiger charge is -2.27. The molecule has 0 unspecified atom stereocenters. The van der Waals surface area contributed by atoms with Gasteiger partial charge in [0.15, 0.2) is 0 Å². The normalized spacial score (nSPS) is 22.8. The van der Waals surface area contributed by atoms with E-state index in [1.54, 1.807) is 5.01 Å². The molecule has 0 spiro atoms. The lowest BCUT2D eigenvalue weighted by Crippen LogP contribution is -2.49. The smallest absolute Gasteiger partial charge is 0.269 e. The monoisotopic (exact) mass is 410 g/mol. The van der Waals surface area contributed by atoms with Crippen molar-refractivity contribution in [2.45, 2.75) is 44.6 Å². The van der Waals surface area contributed by atoms with E-state index in [1.165, 1.54) is 12.8 Å². The maximum atomic E-state index is 13.1. The zero-order valence-electron chi connectivity index (χ0n) is 16.7. The number of rotatable bonds is 3. The lowest BCUT2D eigenvalue weighted by atomic mass is 9.86. The number of nitrogens with zero attached hydrogens (tertiary/aromatic N) is 3. The third kappa shape index (κ3) is 4.46. The third-order valence-corrected chi connectivity index (χ3v) is 6.00. The molecule has 2 aliphatic rings. The van der Waals surface area contributed by atoms with Crippen molar-refractivity contribution in [1.29, 1.82) is 0 Å². The number of hydrogen-bond donors (Lipinski definition) is 1. The molecule has 2 aromatic carbocycles. The van der Waals surface area contributed by atoms with Gasteiger partial charge in [-0.2, -0.15) is 5.10 Å². The van der Waals surface area contributed by atoms with Crippen molar-refractivity contribution in [3.05, 3.63) is 70.7 Å². The predicted molar refractivity (Wildman–Crippen MR) is 117 cm³/mol. The molecule has 2 aliphatic heterocycles. The van der Waals surface area contributed by atoms with Gasteiger partial charge in [-0.05, 0) is 43.0 Å². The first kappa shape index (κ1) is 19.9. The van der Waals surface area contributed by atoms with Crippen molar-refractivity contribution in [1.82, 2.24) is 15.4 Å². The van der Waals surface area contributed by atoms with E-state index in [1.807, 2.05) is 47.5 Å². The Balaban J connectivity index is 1.62. The molecule has 2 heterocycles. The molecular weight excluding hydrogens is 384 g/mol. The summed E-state index contributed by atoms with van der Waals surface area (Å²) in [5, 5.41) is 9.11. The minimum absolute atomic E-state index is 0.00672. The molecule has 0 bridgehead atoms. The summed E-state index contributed by atoms with van der Waals surface area (Å²) in [6.07, 6.45) is 4.67. The van der Waals surface area contributed by atoms with Crippen LogP contribution >= 0.6 is 11.6 Å². The molecule has 6 heteroatoms. The number of nitrogens with one attached hydrogen (secondary N) is 1. The Bertz CT molecular complexity index is 860. The number of carbonyl (C=O) groups is 1. The van der Waals surface area contributed by atoms with E-state index in [0.717, 1.165) is 42.8 Å². The molecule has 152 valence electrons. The summed E-state index contributed by atoms with van der Waals surface area (Å²) in [6, 6.07) is 17.7. The van der Waals surface area contributed by atoms with Gasteiger partial charge in [-0.25, -0.2) is 14.8 Å². The van der Waals surface area contributed by atoms with Crippen LogP contribution in [0.2, 0.25) is 5.02 Å². The van der Waals surface area contributed by atoms with Crippen molar-refractivity contribution < 1.29 is 4.79 Å². The molecule has 4 rings (SSSR count). The van der Waals surface area contributed by atoms with Crippen molar-refractivity contribution in [3.8, 4) is 0 Å². The van der Waals surface area contributed by atoms with Gasteiger partial charge in [-0.1, -0.05) is 66.9 Å². The Kier molecular flexibility index (Phi) is 6.16. The Morgan fingerprint density at radius 3 is 2.31 bits per heavy atom. The zero-order chi connectivity index (χ0) is 20.2. The fourth-order valence-electron chi connectivity index (χ4n) is 4.19. The first-order valence-electron chi connectivity index (χ1n) is 10.4. The average molecular weight is 411 g/mol. The highest BCUT2D eigenvalue weighted by atomic mass is 35.5. The standard InChI is InChI=1S/C23H27ClN4O/c1-17-21(18-9-5-4-6-10-18)22(19-11-13-20(24)14-12-19)25-28(17)23(29)26-27-15-7-2-3-8-16-27/h4-6,9-14,17,21H,2-3,7-8,15-16H2,1H3,(H,26,29)/t17-,21+/m0/s1. The highest BCUT2D eigenvalue weighted by molar-refractivity contribution is 6.30.